The van der Waals surface area contributed by atoms with Crippen LogP contribution in [0.2, 0.25) is 0 Å². The normalized spacial score (nSPS) is 9.90. The second-order valence-electron chi connectivity index (χ2n) is 4.11. The highest BCUT2D eigenvalue weighted by atomic mass is 79.9. The van der Waals surface area contributed by atoms with Crippen molar-refractivity contribution in [2.24, 2.45) is 0 Å². The van der Waals surface area contributed by atoms with Gasteiger partial charge in [-0.15, -0.1) is 0 Å². The molecule has 0 saturated carbocycles. The molecular weight excluding hydrogens is 323 g/mol. The smallest absolute Gasteiger partial charge is 0.131 e. The van der Waals surface area contributed by atoms with E-state index in [1.807, 2.05) is 6.07 Å². The number of benzene rings is 2. The van der Waals surface area contributed by atoms with E-state index in [9.17, 15) is 4.39 Å². The van der Waals surface area contributed by atoms with Crippen LogP contribution in [0, 0.1) is 17.1 Å². The monoisotopic (exact) mass is 334 g/mol. The highest BCUT2D eigenvalue weighted by molar-refractivity contribution is 9.10. The molecule has 0 aromatic heterocycles. The van der Waals surface area contributed by atoms with E-state index in [-0.39, 0.29) is 5.82 Å². The van der Waals surface area contributed by atoms with Crippen molar-refractivity contribution in [2.45, 2.75) is 6.54 Å². The molecule has 3 nitrogen and oxygen atoms in total. The molecule has 102 valence electrons. The molecule has 0 fully saturated rings. The number of methoxy groups -OCH3 is 1. The summed E-state index contributed by atoms with van der Waals surface area (Å²) in [5.74, 6) is 0.139. The van der Waals surface area contributed by atoms with Gasteiger partial charge >= 0.3 is 0 Å². The van der Waals surface area contributed by atoms with E-state index < -0.39 is 0 Å². The number of nitrogens with zero attached hydrogens (tertiary/aromatic N) is 1. The molecule has 0 amide bonds. The summed E-state index contributed by atoms with van der Waals surface area (Å²) in [6.07, 6.45) is 0. The molecular formula is C15H12BrFN2O. The van der Waals surface area contributed by atoms with Crippen molar-refractivity contribution in [3.8, 4) is 11.8 Å². The zero-order valence-electron chi connectivity index (χ0n) is 10.8. The summed E-state index contributed by atoms with van der Waals surface area (Å²) in [6, 6.07) is 12.1. The lowest BCUT2D eigenvalue weighted by Crippen LogP contribution is -2.03. The number of hydrogen-bond acceptors (Lipinski definition) is 3. The predicted molar refractivity (Wildman–Crippen MR) is 79.1 cm³/mol. The van der Waals surface area contributed by atoms with Crippen molar-refractivity contribution in [1.82, 2.24) is 0 Å². The Morgan fingerprint density at radius 2 is 2.10 bits per heavy atom. The van der Waals surface area contributed by atoms with Crippen LogP contribution in [0.15, 0.2) is 40.9 Å². The van der Waals surface area contributed by atoms with Gasteiger partial charge in [0.2, 0.25) is 0 Å². The second-order valence-corrected chi connectivity index (χ2v) is 5.03. The molecule has 20 heavy (non-hydrogen) atoms. The molecule has 0 aliphatic heterocycles. The van der Waals surface area contributed by atoms with E-state index >= 15 is 0 Å². The molecule has 1 N–H and O–H groups in total. The fourth-order valence-electron chi connectivity index (χ4n) is 1.75. The average molecular weight is 335 g/mol. The molecule has 0 radical (unpaired) electrons. The van der Waals surface area contributed by atoms with Gasteiger partial charge in [-0.05, 0) is 24.3 Å². The third-order valence-electron chi connectivity index (χ3n) is 2.83. The van der Waals surface area contributed by atoms with Crippen molar-refractivity contribution in [3.63, 3.8) is 0 Å². The predicted octanol–water partition coefficient (Wildman–Crippen LogP) is 4.08. The summed E-state index contributed by atoms with van der Waals surface area (Å²) in [6.45, 7) is 0.298. The van der Waals surface area contributed by atoms with Gasteiger partial charge in [-0.25, -0.2) is 4.39 Å². The van der Waals surface area contributed by atoms with Crippen molar-refractivity contribution in [2.75, 3.05) is 12.4 Å². The van der Waals surface area contributed by atoms with E-state index in [2.05, 4.69) is 27.3 Å². The lowest BCUT2D eigenvalue weighted by Gasteiger charge is -2.10. The SMILES string of the molecule is COc1ccc(CNc2ccc(Br)cc2C#N)c(F)c1. The Balaban J connectivity index is 2.15. The van der Waals surface area contributed by atoms with Gasteiger partial charge in [-0.2, -0.15) is 5.26 Å². The summed E-state index contributed by atoms with van der Waals surface area (Å²) >= 11 is 3.31. The second kappa shape index (κ2) is 6.40. The van der Waals surface area contributed by atoms with Crippen LogP contribution in [-0.4, -0.2) is 7.11 Å². The summed E-state index contributed by atoms with van der Waals surface area (Å²) in [5.41, 5.74) is 1.69. The molecule has 0 aliphatic carbocycles. The van der Waals surface area contributed by atoms with Crippen molar-refractivity contribution < 1.29 is 9.13 Å². The lowest BCUT2D eigenvalue weighted by atomic mass is 10.1. The number of halogens is 2. The average Bonchev–Trinajstić information content (AvgIpc) is 2.46. The third-order valence-corrected chi connectivity index (χ3v) is 3.32. The van der Waals surface area contributed by atoms with Crippen LogP contribution in [0.3, 0.4) is 0 Å². The minimum atomic E-state index is -0.340. The Bertz CT molecular complexity index is 667. The molecule has 0 unspecified atom stereocenters. The number of hydrogen-bond donors (Lipinski definition) is 1. The highest BCUT2D eigenvalue weighted by Gasteiger charge is 2.06. The Kier molecular flexibility index (Phi) is 4.59. The van der Waals surface area contributed by atoms with E-state index in [0.29, 0.717) is 29.1 Å². The first-order valence-electron chi connectivity index (χ1n) is 5.90. The minimum absolute atomic E-state index is 0.298. The van der Waals surface area contributed by atoms with Gasteiger partial charge in [-0.1, -0.05) is 22.0 Å². The topological polar surface area (TPSA) is 45.0 Å². The van der Waals surface area contributed by atoms with Gasteiger partial charge in [-0.3, -0.25) is 0 Å². The number of nitrogens with one attached hydrogen (secondary N) is 1. The fraction of sp³-hybridized carbons (Fsp3) is 0.133. The Morgan fingerprint density at radius 3 is 2.75 bits per heavy atom. The van der Waals surface area contributed by atoms with Gasteiger partial charge < -0.3 is 10.1 Å². The number of rotatable bonds is 4. The maximum Gasteiger partial charge on any atom is 0.131 e. The molecule has 0 spiro atoms. The first kappa shape index (κ1) is 14.4. The first-order chi connectivity index (χ1) is 9.63. The summed E-state index contributed by atoms with van der Waals surface area (Å²) in [5, 5.41) is 12.1. The Labute approximate surface area is 125 Å². The molecule has 0 saturated heterocycles. The molecule has 0 aliphatic rings. The minimum Gasteiger partial charge on any atom is -0.497 e. The van der Waals surface area contributed by atoms with Gasteiger partial charge in [0.15, 0.2) is 0 Å². The zero-order chi connectivity index (χ0) is 14.5. The van der Waals surface area contributed by atoms with Gasteiger partial charge in [0.1, 0.15) is 17.6 Å². The largest absolute Gasteiger partial charge is 0.497 e. The van der Waals surface area contributed by atoms with Gasteiger partial charge in [0.25, 0.3) is 0 Å². The van der Waals surface area contributed by atoms with Crippen molar-refractivity contribution in [3.05, 3.63) is 57.8 Å². The van der Waals surface area contributed by atoms with Crippen LogP contribution in [-0.2, 0) is 6.54 Å². The van der Waals surface area contributed by atoms with Crippen LogP contribution < -0.4 is 10.1 Å². The van der Waals surface area contributed by atoms with Crippen LogP contribution in [0.5, 0.6) is 5.75 Å². The Morgan fingerprint density at radius 1 is 1.30 bits per heavy atom. The summed E-state index contributed by atoms with van der Waals surface area (Å²) in [7, 11) is 1.49. The molecule has 2 aromatic carbocycles. The summed E-state index contributed by atoms with van der Waals surface area (Å²) < 4.78 is 19.6. The quantitative estimate of drug-likeness (QED) is 0.916. The van der Waals surface area contributed by atoms with E-state index in [4.69, 9.17) is 10.00 Å². The third kappa shape index (κ3) is 3.28. The molecule has 2 rings (SSSR count). The van der Waals surface area contributed by atoms with Crippen LogP contribution >= 0.6 is 15.9 Å². The lowest BCUT2D eigenvalue weighted by molar-refractivity contribution is 0.411. The molecule has 0 heterocycles. The summed E-state index contributed by atoms with van der Waals surface area (Å²) in [4.78, 5) is 0. The van der Waals surface area contributed by atoms with Crippen molar-refractivity contribution >= 4 is 21.6 Å². The molecule has 2 aromatic rings. The van der Waals surface area contributed by atoms with Crippen LogP contribution in [0.25, 0.3) is 0 Å². The number of ether oxygens (including phenoxy) is 1. The fourth-order valence-corrected chi connectivity index (χ4v) is 2.11. The molecule has 0 atom stereocenters. The highest BCUT2D eigenvalue weighted by Crippen LogP contribution is 2.22. The number of anilines is 1. The van der Waals surface area contributed by atoms with Crippen LogP contribution in [0.1, 0.15) is 11.1 Å². The van der Waals surface area contributed by atoms with E-state index in [1.165, 1.54) is 13.2 Å². The van der Waals surface area contributed by atoms with Gasteiger partial charge in [0, 0.05) is 22.6 Å². The Hall–Kier alpha value is -2.06. The molecule has 5 heteroatoms. The van der Waals surface area contributed by atoms with E-state index in [0.717, 1.165) is 4.47 Å². The maximum atomic E-state index is 13.8. The van der Waals surface area contributed by atoms with Crippen LogP contribution in [0.4, 0.5) is 10.1 Å². The van der Waals surface area contributed by atoms with Gasteiger partial charge in [0.05, 0.1) is 18.4 Å². The molecule has 0 bridgehead atoms. The zero-order valence-corrected chi connectivity index (χ0v) is 12.4. The standard InChI is InChI=1S/C15H12BrFN2O/c1-20-13-4-2-10(14(17)7-13)9-19-15-5-3-12(16)6-11(15)8-18/h2-7,19H,9H2,1H3. The van der Waals surface area contributed by atoms with E-state index in [1.54, 1.807) is 24.3 Å². The first-order valence-corrected chi connectivity index (χ1v) is 6.69. The van der Waals surface area contributed by atoms with Crippen molar-refractivity contribution in [1.29, 1.82) is 5.26 Å². The number of nitriles is 1. The maximum absolute atomic E-state index is 13.8.